The van der Waals surface area contributed by atoms with Gasteiger partial charge in [0, 0.05) is 24.7 Å². The Morgan fingerprint density at radius 3 is 2.70 bits per heavy atom. The molecule has 0 unspecified atom stereocenters. The molecule has 0 bridgehead atoms. The Morgan fingerprint density at radius 1 is 1.39 bits per heavy atom. The second-order valence-electron chi connectivity index (χ2n) is 5.32. The zero-order chi connectivity index (χ0) is 17.4. The summed E-state index contributed by atoms with van der Waals surface area (Å²) in [7, 11) is 0. The molecule has 1 rings (SSSR count). The molecule has 6 nitrogen and oxygen atoms in total. The van der Waals surface area contributed by atoms with Gasteiger partial charge in [0.05, 0.1) is 5.69 Å². The number of rotatable bonds is 8. The van der Waals surface area contributed by atoms with E-state index in [9.17, 15) is 9.59 Å². The lowest BCUT2D eigenvalue weighted by molar-refractivity contribution is -0.126. The van der Waals surface area contributed by atoms with Gasteiger partial charge in [-0.2, -0.15) is 5.10 Å². The molecule has 1 atom stereocenters. The van der Waals surface area contributed by atoms with E-state index in [0.29, 0.717) is 11.7 Å². The molecule has 1 aromatic rings. The number of nitrogens with one attached hydrogen (secondary N) is 2. The van der Waals surface area contributed by atoms with Crippen molar-refractivity contribution in [3.63, 3.8) is 0 Å². The van der Waals surface area contributed by atoms with E-state index < -0.39 is 6.04 Å². The van der Waals surface area contributed by atoms with Gasteiger partial charge in [0.1, 0.15) is 11.2 Å². The topological polar surface area (TPSA) is 76.0 Å². The molecule has 0 saturated heterocycles. The Kier molecular flexibility index (Phi) is 7.81. The second-order valence-corrected chi connectivity index (χ2v) is 5.68. The maximum Gasteiger partial charge on any atom is 0.244 e. The molecule has 0 radical (unpaired) electrons. The molecule has 0 spiro atoms. The predicted octanol–water partition coefficient (Wildman–Crippen LogP) is 2.30. The van der Waals surface area contributed by atoms with E-state index in [-0.39, 0.29) is 11.8 Å². The molecule has 128 valence electrons. The van der Waals surface area contributed by atoms with E-state index in [2.05, 4.69) is 22.7 Å². The van der Waals surface area contributed by atoms with Crippen LogP contribution in [0.2, 0.25) is 5.15 Å². The molecule has 1 aromatic heterocycles. The summed E-state index contributed by atoms with van der Waals surface area (Å²) in [5.74, 6) is -0.559. The highest BCUT2D eigenvalue weighted by molar-refractivity contribution is 6.31. The van der Waals surface area contributed by atoms with Crippen LogP contribution >= 0.6 is 11.6 Å². The Balaban J connectivity index is 2.71. The standard InChI is InChI=1S/C16H25ClN4O2/c1-5-7-10-21-15(17)13(11(3)20-21)8-9-14(22)19-12(4)16(23)18-6-2/h8-9,12H,5-7,10H2,1-4H3,(H,18,23)(H,19,22)/b9-8+/t12-/m1/s1. The van der Waals surface area contributed by atoms with Crippen molar-refractivity contribution in [1.82, 2.24) is 20.4 Å². The molecule has 0 saturated carbocycles. The summed E-state index contributed by atoms with van der Waals surface area (Å²) in [5.41, 5.74) is 1.50. The zero-order valence-electron chi connectivity index (χ0n) is 14.1. The minimum absolute atomic E-state index is 0.212. The Labute approximate surface area is 142 Å². The van der Waals surface area contributed by atoms with Crippen LogP contribution in [0.15, 0.2) is 6.08 Å². The number of carbonyl (C=O) groups is 2. The number of unbranched alkanes of at least 4 members (excludes halogenated alkanes) is 1. The van der Waals surface area contributed by atoms with Gasteiger partial charge >= 0.3 is 0 Å². The molecule has 0 aliphatic rings. The molecule has 0 aromatic carbocycles. The third-order valence-corrected chi connectivity index (χ3v) is 3.74. The molecule has 0 aliphatic heterocycles. The van der Waals surface area contributed by atoms with E-state index in [1.807, 2.05) is 13.8 Å². The van der Waals surface area contributed by atoms with E-state index in [4.69, 9.17) is 11.6 Å². The average molecular weight is 341 g/mol. The molecule has 0 fully saturated rings. The molecule has 2 N–H and O–H groups in total. The Bertz CT molecular complexity index is 581. The van der Waals surface area contributed by atoms with Crippen LogP contribution in [0.25, 0.3) is 6.08 Å². The van der Waals surface area contributed by atoms with Crippen molar-refractivity contribution in [2.45, 2.75) is 53.1 Å². The number of halogens is 1. The van der Waals surface area contributed by atoms with Crippen molar-refractivity contribution in [3.05, 3.63) is 22.5 Å². The molecule has 1 heterocycles. The molecule has 2 amide bonds. The van der Waals surface area contributed by atoms with E-state index in [0.717, 1.165) is 30.6 Å². The second kappa shape index (κ2) is 9.35. The molecule has 23 heavy (non-hydrogen) atoms. The van der Waals surface area contributed by atoms with Crippen LogP contribution in [0, 0.1) is 6.92 Å². The van der Waals surface area contributed by atoms with Crippen LogP contribution in [-0.4, -0.2) is 34.2 Å². The fraction of sp³-hybridized carbons (Fsp3) is 0.562. The third-order valence-electron chi connectivity index (χ3n) is 3.34. The number of carbonyl (C=O) groups excluding carboxylic acids is 2. The summed E-state index contributed by atoms with van der Waals surface area (Å²) < 4.78 is 1.75. The maximum atomic E-state index is 11.9. The number of nitrogens with zero attached hydrogens (tertiary/aromatic N) is 2. The van der Waals surface area contributed by atoms with Crippen molar-refractivity contribution in [1.29, 1.82) is 0 Å². The van der Waals surface area contributed by atoms with Gasteiger partial charge in [-0.3, -0.25) is 14.3 Å². The minimum atomic E-state index is -0.587. The van der Waals surface area contributed by atoms with Gasteiger partial charge in [-0.05, 0) is 33.3 Å². The highest BCUT2D eigenvalue weighted by Crippen LogP contribution is 2.21. The van der Waals surface area contributed by atoms with Gasteiger partial charge < -0.3 is 10.6 Å². The lowest BCUT2D eigenvalue weighted by Gasteiger charge is -2.11. The largest absolute Gasteiger partial charge is 0.355 e. The van der Waals surface area contributed by atoms with Gasteiger partial charge in [-0.25, -0.2) is 0 Å². The minimum Gasteiger partial charge on any atom is -0.355 e. The smallest absolute Gasteiger partial charge is 0.244 e. The van der Waals surface area contributed by atoms with Gasteiger partial charge in [0.2, 0.25) is 11.8 Å². The number of amides is 2. The first kappa shape index (κ1) is 19.2. The number of hydrogen-bond acceptors (Lipinski definition) is 3. The van der Waals surface area contributed by atoms with Gasteiger partial charge in [0.25, 0.3) is 0 Å². The summed E-state index contributed by atoms with van der Waals surface area (Å²) in [6.45, 7) is 8.70. The zero-order valence-corrected chi connectivity index (χ0v) is 14.9. The van der Waals surface area contributed by atoms with E-state index >= 15 is 0 Å². The molecular weight excluding hydrogens is 316 g/mol. The lowest BCUT2D eigenvalue weighted by atomic mass is 10.2. The predicted molar refractivity (Wildman–Crippen MR) is 92.2 cm³/mol. The van der Waals surface area contributed by atoms with Crippen molar-refractivity contribution < 1.29 is 9.59 Å². The fourth-order valence-corrected chi connectivity index (χ4v) is 2.35. The number of likely N-dealkylation sites (N-methyl/N-ethyl adjacent to an activating group) is 1. The Morgan fingerprint density at radius 2 is 2.09 bits per heavy atom. The number of hydrogen-bond donors (Lipinski definition) is 2. The van der Waals surface area contributed by atoms with Gasteiger partial charge in [0.15, 0.2) is 0 Å². The van der Waals surface area contributed by atoms with Crippen LogP contribution in [0.4, 0.5) is 0 Å². The Hall–Kier alpha value is -1.82. The van der Waals surface area contributed by atoms with Crippen molar-refractivity contribution in [3.8, 4) is 0 Å². The highest BCUT2D eigenvalue weighted by Gasteiger charge is 2.14. The van der Waals surface area contributed by atoms with Crippen LogP contribution in [-0.2, 0) is 16.1 Å². The van der Waals surface area contributed by atoms with E-state index in [1.165, 1.54) is 6.08 Å². The van der Waals surface area contributed by atoms with Crippen molar-refractivity contribution in [2.24, 2.45) is 0 Å². The van der Waals surface area contributed by atoms with Crippen LogP contribution in [0.1, 0.15) is 44.9 Å². The van der Waals surface area contributed by atoms with Gasteiger partial charge in [-0.15, -0.1) is 0 Å². The van der Waals surface area contributed by atoms with Gasteiger partial charge in [-0.1, -0.05) is 24.9 Å². The van der Waals surface area contributed by atoms with Crippen LogP contribution in [0.5, 0.6) is 0 Å². The fourth-order valence-electron chi connectivity index (χ4n) is 2.03. The number of aromatic nitrogens is 2. The van der Waals surface area contributed by atoms with Crippen LogP contribution in [0.3, 0.4) is 0 Å². The van der Waals surface area contributed by atoms with Crippen LogP contribution < -0.4 is 10.6 Å². The SMILES string of the molecule is CCCCn1nc(C)c(/C=C/C(=O)N[C@H](C)C(=O)NCC)c1Cl. The third kappa shape index (κ3) is 5.71. The first-order chi connectivity index (χ1) is 10.9. The summed E-state index contributed by atoms with van der Waals surface area (Å²) in [6, 6.07) is -0.587. The van der Waals surface area contributed by atoms with E-state index in [1.54, 1.807) is 17.7 Å². The molecule has 7 heteroatoms. The summed E-state index contributed by atoms with van der Waals surface area (Å²) in [6.07, 6.45) is 5.05. The average Bonchev–Trinajstić information content (AvgIpc) is 2.77. The first-order valence-electron chi connectivity index (χ1n) is 7.89. The van der Waals surface area contributed by atoms with Crippen molar-refractivity contribution in [2.75, 3.05) is 6.54 Å². The monoisotopic (exact) mass is 340 g/mol. The first-order valence-corrected chi connectivity index (χ1v) is 8.27. The molecular formula is C16H25ClN4O2. The summed E-state index contributed by atoms with van der Waals surface area (Å²) in [4.78, 5) is 23.5. The summed E-state index contributed by atoms with van der Waals surface area (Å²) in [5, 5.41) is 10.2. The maximum absolute atomic E-state index is 11.9. The van der Waals surface area contributed by atoms with Crippen molar-refractivity contribution >= 4 is 29.5 Å². The highest BCUT2D eigenvalue weighted by atomic mass is 35.5. The normalized spacial score (nSPS) is 12.4. The summed E-state index contributed by atoms with van der Waals surface area (Å²) >= 11 is 6.30. The quantitative estimate of drug-likeness (QED) is 0.713. The lowest BCUT2D eigenvalue weighted by Crippen LogP contribution is -2.44. The molecule has 0 aliphatic carbocycles. The number of aryl methyl sites for hydroxylation is 2.